The van der Waals surface area contributed by atoms with Crippen LogP contribution < -0.4 is 0 Å². The van der Waals surface area contributed by atoms with Gasteiger partial charge in [-0.15, -0.1) is 0 Å². The summed E-state index contributed by atoms with van der Waals surface area (Å²) in [7, 11) is 0. The molecule has 1 aliphatic carbocycles. The lowest BCUT2D eigenvalue weighted by atomic mass is 9.87. The molecule has 0 spiro atoms. The summed E-state index contributed by atoms with van der Waals surface area (Å²) in [5.74, 6) is 0. The maximum absolute atomic E-state index is 2.69. The fourth-order valence-corrected chi connectivity index (χ4v) is 2.95. The molecule has 14 heavy (non-hydrogen) atoms. The Labute approximate surface area is 85.8 Å². The first-order chi connectivity index (χ1) is 6.95. The number of piperidine rings is 1. The summed E-state index contributed by atoms with van der Waals surface area (Å²) < 4.78 is 0. The van der Waals surface area contributed by atoms with Crippen LogP contribution in [0.15, 0.2) is 36.0 Å². The van der Waals surface area contributed by atoms with Gasteiger partial charge < -0.3 is 0 Å². The summed E-state index contributed by atoms with van der Waals surface area (Å²) in [6.07, 6.45) is 16.9. The van der Waals surface area contributed by atoms with Gasteiger partial charge in [-0.1, -0.05) is 36.8 Å². The minimum absolute atomic E-state index is 0.596. The molecule has 2 unspecified atom stereocenters. The number of allylic oxidation sites excluding steroid dienone is 2. The summed E-state index contributed by atoms with van der Waals surface area (Å²) in [4.78, 5) is 2.69. The second kappa shape index (κ2) is 3.39. The number of fused-ring (bicyclic) bond motifs is 3. The van der Waals surface area contributed by atoms with Crippen LogP contribution in [-0.4, -0.2) is 23.5 Å². The Morgan fingerprint density at radius 2 is 2.21 bits per heavy atom. The van der Waals surface area contributed by atoms with Crippen molar-refractivity contribution in [2.75, 3.05) is 6.54 Å². The standard InChI is InChI=1S/C13H17N/c1-2-7-13-11(5-1)8-9-12-6-3-4-10-14(12)13/h1-2,5,7-8,12-13H,3-4,6,9-10H2. The van der Waals surface area contributed by atoms with Gasteiger partial charge in [0.25, 0.3) is 0 Å². The van der Waals surface area contributed by atoms with Crippen molar-refractivity contribution < 1.29 is 0 Å². The zero-order valence-electron chi connectivity index (χ0n) is 8.52. The lowest BCUT2D eigenvalue weighted by molar-refractivity contribution is 0.124. The van der Waals surface area contributed by atoms with Gasteiger partial charge in [0.15, 0.2) is 0 Å². The van der Waals surface area contributed by atoms with Crippen LogP contribution in [0.3, 0.4) is 0 Å². The highest BCUT2D eigenvalue weighted by molar-refractivity contribution is 5.38. The van der Waals surface area contributed by atoms with Crippen molar-refractivity contribution in [1.82, 2.24) is 4.90 Å². The van der Waals surface area contributed by atoms with Gasteiger partial charge in [-0.3, -0.25) is 4.90 Å². The Kier molecular flexibility index (Phi) is 2.06. The molecule has 0 N–H and O–H groups in total. The van der Waals surface area contributed by atoms with Crippen molar-refractivity contribution in [3.63, 3.8) is 0 Å². The second-order valence-corrected chi connectivity index (χ2v) is 4.52. The quantitative estimate of drug-likeness (QED) is 0.563. The molecule has 2 heterocycles. The number of hydrogen-bond acceptors (Lipinski definition) is 1. The molecule has 1 fully saturated rings. The van der Waals surface area contributed by atoms with E-state index in [1.165, 1.54) is 37.8 Å². The Balaban J connectivity index is 1.91. The molecule has 0 amide bonds. The maximum atomic E-state index is 2.69. The molecule has 0 saturated carbocycles. The Bertz CT molecular complexity index is 311. The summed E-state index contributed by atoms with van der Waals surface area (Å²) in [6, 6.07) is 1.42. The zero-order chi connectivity index (χ0) is 9.38. The molecule has 0 aromatic rings. The summed E-state index contributed by atoms with van der Waals surface area (Å²) in [5, 5.41) is 0. The molecule has 0 radical (unpaired) electrons. The fourth-order valence-electron chi connectivity index (χ4n) is 2.95. The van der Waals surface area contributed by atoms with Crippen LogP contribution in [-0.2, 0) is 0 Å². The highest BCUT2D eigenvalue weighted by atomic mass is 15.2. The average Bonchev–Trinajstić information content (AvgIpc) is 2.29. The molecule has 2 aliphatic heterocycles. The summed E-state index contributed by atoms with van der Waals surface area (Å²) in [5.41, 5.74) is 1.52. The predicted octanol–water partition coefficient (Wildman–Crippen LogP) is 2.67. The highest BCUT2D eigenvalue weighted by Crippen LogP contribution is 2.32. The number of rotatable bonds is 0. The zero-order valence-corrected chi connectivity index (χ0v) is 8.52. The van der Waals surface area contributed by atoms with E-state index in [2.05, 4.69) is 35.3 Å². The summed E-state index contributed by atoms with van der Waals surface area (Å²) in [6.45, 7) is 1.30. The van der Waals surface area contributed by atoms with Crippen LogP contribution in [0.5, 0.6) is 0 Å². The van der Waals surface area contributed by atoms with E-state index in [0.29, 0.717) is 6.04 Å². The van der Waals surface area contributed by atoms with Crippen LogP contribution in [0.25, 0.3) is 0 Å². The van der Waals surface area contributed by atoms with Gasteiger partial charge in [0.05, 0.1) is 6.04 Å². The van der Waals surface area contributed by atoms with Crippen molar-refractivity contribution in [3.8, 4) is 0 Å². The molecular weight excluding hydrogens is 170 g/mol. The molecule has 0 aromatic carbocycles. The van der Waals surface area contributed by atoms with Crippen LogP contribution in [0.2, 0.25) is 0 Å². The SMILES string of the molecule is C1=CC2=CCC3CCCCN3C2C=C1. The third-order valence-electron chi connectivity index (χ3n) is 3.69. The molecule has 3 aliphatic rings. The normalized spacial score (nSPS) is 36.1. The Morgan fingerprint density at radius 1 is 1.21 bits per heavy atom. The van der Waals surface area contributed by atoms with Gasteiger partial charge in [0, 0.05) is 6.04 Å². The molecule has 2 atom stereocenters. The Morgan fingerprint density at radius 3 is 3.21 bits per heavy atom. The van der Waals surface area contributed by atoms with Crippen molar-refractivity contribution in [1.29, 1.82) is 0 Å². The van der Waals surface area contributed by atoms with Crippen LogP contribution in [0, 0.1) is 0 Å². The van der Waals surface area contributed by atoms with Gasteiger partial charge in [-0.2, -0.15) is 0 Å². The molecular formula is C13H17N. The maximum Gasteiger partial charge on any atom is 0.0534 e. The molecule has 1 nitrogen and oxygen atoms in total. The minimum Gasteiger partial charge on any atom is -0.290 e. The minimum atomic E-state index is 0.596. The van der Waals surface area contributed by atoms with Crippen LogP contribution in [0.4, 0.5) is 0 Å². The number of hydrogen-bond donors (Lipinski definition) is 0. The van der Waals surface area contributed by atoms with E-state index in [-0.39, 0.29) is 0 Å². The van der Waals surface area contributed by atoms with Gasteiger partial charge >= 0.3 is 0 Å². The first-order valence-corrected chi connectivity index (χ1v) is 5.76. The van der Waals surface area contributed by atoms with E-state index in [9.17, 15) is 0 Å². The lowest BCUT2D eigenvalue weighted by Crippen LogP contribution is -2.48. The molecule has 0 aromatic heterocycles. The second-order valence-electron chi connectivity index (χ2n) is 4.52. The molecule has 74 valence electrons. The van der Waals surface area contributed by atoms with Gasteiger partial charge in [-0.05, 0) is 31.4 Å². The van der Waals surface area contributed by atoms with E-state index in [0.717, 1.165) is 6.04 Å². The smallest absolute Gasteiger partial charge is 0.0534 e. The van der Waals surface area contributed by atoms with Crippen molar-refractivity contribution >= 4 is 0 Å². The average molecular weight is 187 g/mol. The molecule has 0 bridgehead atoms. The van der Waals surface area contributed by atoms with Gasteiger partial charge in [0.2, 0.25) is 0 Å². The van der Waals surface area contributed by atoms with Gasteiger partial charge in [-0.25, -0.2) is 0 Å². The van der Waals surface area contributed by atoms with Gasteiger partial charge in [0.1, 0.15) is 0 Å². The van der Waals surface area contributed by atoms with E-state index in [1.807, 2.05) is 0 Å². The van der Waals surface area contributed by atoms with E-state index in [4.69, 9.17) is 0 Å². The lowest BCUT2D eigenvalue weighted by Gasteiger charge is -2.44. The van der Waals surface area contributed by atoms with E-state index in [1.54, 1.807) is 0 Å². The predicted molar refractivity (Wildman–Crippen MR) is 59.1 cm³/mol. The molecule has 3 rings (SSSR count). The largest absolute Gasteiger partial charge is 0.290 e. The van der Waals surface area contributed by atoms with Crippen molar-refractivity contribution in [2.24, 2.45) is 0 Å². The fraction of sp³-hybridized carbons (Fsp3) is 0.538. The van der Waals surface area contributed by atoms with Crippen molar-refractivity contribution in [3.05, 3.63) is 36.0 Å². The van der Waals surface area contributed by atoms with Crippen LogP contribution >= 0.6 is 0 Å². The monoisotopic (exact) mass is 187 g/mol. The highest BCUT2D eigenvalue weighted by Gasteiger charge is 2.31. The Hall–Kier alpha value is -0.820. The summed E-state index contributed by atoms with van der Waals surface area (Å²) >= 11 is 0. The third kappa shape index (κ3) is 1.27. The van der Waals surface area contributed by atoms with Crippen LogP contribution in [0.1, 0.15) is 25.7 Å². The topological polar surface area (TPSA) is 3.24 Å². The molecule has 1 heteroatoms. The van der Waals surface area contributed by atoms with E-state index >= 15 is 0 Å². The van der Waals surface area contributed by atoms with Crippen molar-refractivity contribution in [2.45, 2.75) is 37.8 Å². The number of nitrogens with zero attached hydrogens (tertiary/aromatic N) is 1. The first kappa shape index (κ1) is 8.49. The van der Waals surface area contributed by atoms with E-state index < -0.39 is 0 Å². The first-order valence-electron chi connectivity index (χ1n) is 5.76. The third-order valence-corrected chi connectivity index (χ3v) is 3.69. The molecule has 1 saturated heterocycles.